The molecule has 0 unspecified atom stereocenters. The van der Waals surface area contributed by atoms with Gasteiger partial charge in [-0.25, -0.2) is 9.78 Å². The van der Waals surface area contributed by atoms with Crippen molar-refractivity contribution in [2.24, 2.45) is 0 Å². The lowest BCUT2D eigenvalue weighted by atomic mass is 10.0. The summed E-state index contributed by atoms with van der Waals surface area (Å²) in [7, 11) is 0. The molecule has 1 aromatic carbocycles. The number of nitrogens with zero attached hydrogens (tertiary/aromatic N) is 1. The van der Waals surface area contributed by atoms with Gasteiger partial charge in [0.25, 0.3) is 0 Å². The molecule has 0 radical (unpaired) electrons. The number of carbonyl (C=O) groups is 1. The number of rotatable bonds is 2. The fourth-order valence-corrected chi connectivity index (χ4v) is 2.13. The Morgan fingerprint density at radius 3 is 2.26 bits per heavy atom. The summed E-state index contributed by atoms with van der Waals surface area (Å²) in [5.41, 5.74) is 6.74. The second kappa shape index (κ2) is 5.25. The SMILES string of the molecule is Nc1ncc(C(=O)O)cc1-c1cc(Cl)c(Cl)c(Cl)c1. The molecule has 2 aromatic rings. The molecule has 0 aliphatic rings. The molecule has 0 fully saturated rings. The molecule has 1 heterocycles. The molecule has 98 valence electrons. The molecule has 0 amide bonds. The lowest BCUT2D eigenvalue weighted by Crippen LogP contribution is -2.01. The standard InChI is InChI=1S/C12H7Cl3N2O2/c13-8-2-5(3-9(14)10(8)15)7-1-6(12(18)19)4-17-11(7)16/h1-4H,(H2,16,17)(H,18,19). The quantitative estimate of drug-likeness (QED) is 0.821. The number of anilines is 1. The van der Waals surface area contributed by atoms with E-state index in [-0.39, 0.29) is 26.4 Å². The van der Waals surface area contributed by atoms with Crippen LogP contribution < -0.4 is 5.73 Å². The van der Waals surface area contributed by atoms with E-state index in [0.717, 1.165) is 0 Å². The average molecular weight is 318 g/mol. The molecule has 7 heteroatoms. The van der Waals surface area contributed by atoms with Crippen LogP contribution >= 0.6 is 34.8 Å². The van der Waals surface area contributed by atoms with E-state index >= 15 is 0 Å². The predicted octanol–water partition coefficient (Wildman–Crippen LogP) is 3.99. The van der Waals surface area contributed by atoms with Gasteiger partial charge in [-0.3, -0.25) is 0 Å². The Kier molecular flexibility index (Phi) is 3.85. The minimum absolute atomic E-state index is 0.0198. The summed E-state index contributed by atoms with van der Waals surface area (Å²) in [6.45, 7) is 0. The molecule has 0 saturated carbocycles. The van der Waals surface area contributed by atoms with Crippen LogP contribution in [-0.4, -0.2) is 16.1 Å². The number of hydrogen-bond donors (Lipinski definition) is 2. The normalized spacial score (nSPS) is 10.5. The van der Waals surface area contributed by atoms with Gasteiger partial charge in [-0.15, -0.1) is 0 Å². The van der Waals surface area contributed by atoms with E-state index in [9.17, 15) is 4.79 Å². The van der Waals surface area contributed by atoms with Crippen molar-refractivity contribution in [2.45, 2.75) is 0 Å². The first-order valence-electron chi connectivity index (χ1n) is 5.04. The molecule has 19 heavy (non-hydrogen) atoms. The van der Waals surface area contributed by atoms with Crippen molar-refractivity contribution in [3.63, 3.8) is 0 Å². The molecular weight excluding hydrogens is 311 g/mol. The second-order valence-corrected chi connectivity index (χ2v) is 4.91. The van der Waals surface area contributed by atoms with Crippen molar-refractivity contribution in [1.82, 2.24) is 4.98 Å². The van der Waals surface area contributed by atoms with E-state index in [4.69, 9.17) is 45.6 Å². The van der Waals surface area contributed by atoms with Crippen LogP contribution in [0.25, 0.3) is 11.1 Å². The van der Waals surface area contributed by atoms with Crippen molar-refractivity contribution in [1.29, 1.82) is 0 Å². The lowest BCUT2D eigenvalue weighted by molar-refractivity contribution is 0.0696. The van der Waals surface area contributed by atoms with Crippen LogP contribution in [0.1, 0.15) is 10.4 Å². The number of aromatic nitrogens is 1. The van der Waals surface area contributed by atoms with Gasteiger partial charge in [-0.2, -0.15) is 0 Å². The maximum Gasteiger partial charge on any atom is 0.337 e. The average Bonchev–Trinajstić information content (AvgIpc) is 2.35. The number of benzene rings is 1. The van der Waals surface area contributed by atoms with Gasteiger partial charge in [0.15, 0.2) is 0 Å². The highest BCUT2D eigenvalue weighted by Crippen LogP contribution is 2.36. The van der Waals surface area contributed by atoms with Gasteiger partial charge in [0, 0.05) is 11.8 Å². The van der Waals surface area contributed by atoms with Gasteiger partial charge in [-0.1, -0.05) is 34.8 Å². The van der Waals surface area contributed by atoms with E-state index in [1.54, 1.807) is 12.1 Å². The van der Waals surface area contributed by atoms with E-state index in [2.05, 4.69) is 4.98 Å². The molecule has 2 rings (SSSR count). The number of hydrogen-bond acceptors (Lipinski definition) is 3. The number of aromatic carboxylic acids is 1. The van der Waals surface area contributed by atoms with E-state index in [1.807, 2.05) is 0 Å². The minimum atomic E-state index is -1.10. The molecule has 3 N–H and O–H groups in total. The predicted molar refractivity (Wildman–Crippen MR) is 76.1 cm³/mol. The van der Waals surface area contributed by atoms with Crippen LogP contribution in [0.15, 0.2) is 24.4 Å². The van der Waals surface area contributed by atoms with Crippen LogP contribution in [0.5, 0.6) is 0 Å². The molecule has 4 nitrogen and oxygen atoms in total. The van der Waals surface area contributed by atoms with Gasteiger partial charge in [0.2, 0.25) is 0 Å². The van der Waals surface area contributed by atoms with Gasteiger partial charge in [0.1, 0.15) is 5.82 Å². The summed E-state index contributed by atoms with van der Waals surface area (Å²) in [6, 6.07) is 4.50. The lowest BCUT2D eigenvalue weighted by Gasteiger charge is -2.08. The molecule has 0 atom stereocenters. The van der Waals surface area contributed by atoms with Crippen LogP contribution in [0, 0.1) is 0 Å². The van der Waals surface area contributed by atoms with Gasteiger partial charge in [-0.05, 0) is 23.8 Å². The van der Waals surface area contributed by atoms with Gasteiger partial charge >= 0.3 is 5.97 Å². The summed E-state index contributed by atoms with van der Waals surface area (Å²) < 4.78 is 0. The first kappa shape index (κ1) is 13.9. The van der Waals surface area contributed by atoms with Crippen LogP contribution in [-0.2, 0) is 0 Å². The maximum atomic E-state index is 10.9. The zero-order chi connectivity index (χ0) is 14.2. The molecule has 0 spiro atoms. The molecular formula is C12H7Cl3N2O2. The Labute approximate surface area is 123 Å². The van der Waals surface area contributed by atoms with E-state index in [1.165, 1.54) is 12.3 Å². The molecule has 0 aliphatic carbocycles. The summed E-state index contributed by atoms with van der Waals surface area (Å²) in [5.74, 6) is -0.917. The first-order chi connectivity index (χ1) is 8.90. The van der Waals surface area contributed by atoms with Gasteiger partial charge in [0.05, 0.1) is 20.6 Å². The van der Waals surface area contributed by atoms with Gasteiger partial charge < -0.3 is 10.8 Å². The third-order valence-electron chi connectivity index (χ3n) is 2.46. The van der Waals surface area contributed by atoms with Crippen LogP contribution in [0.4, 0.5) is 5.82 Å². The zero-order valence-electron chi connectivity index (χ0n) is 9.32. The largest absolute Gasteiger partial charge is 0.478 e. The highest BCUT2D eigenvalue weighted by molar-refractivity contribution is 6.48. The number of nitrogen functional groups attached to an aromatic ring is 1. The summed E-state index contributed by atoms with van der Waals surface area (Å²) in [5, 5.41) is 9.68. The Balaban J connectivity index is 2.64. The van der Waals surface area contributed by atoms with Crippen molar-refractivity contribution >= 4 is 46.6 Å². The molecule has 0 bridgehead atoms. The topological polar surface area (TPSA) is 76.2 Å². The Bertz CT molecular complexity index is 651. The first-order valence-corrected chi connectivity index (χ1v) is 6.17. The zero-order valence-corrected chi connectivity index (χ0v) is 11.6. The van der Waals surface area contributed by atoms with E-state index < -0.39 is 5.97 Å². The molecule has 1 aromatic heterocycles. The van der Waals surface area contributed by atoms with Crippen molar-refractivity contribution in [2.75, 3.05) is 5.73 Å². The summed E-state index contributed by atoms with van der Waals surface area (Å²) in [4.78, 5) is 14.8. The fraction of sp³-hybridized carbons (Fsp3) is 0. The summed E-state index contributed by atoms with van der Waals surface area (Å²) in [6.07, 6.45) is 1.18. The Hall–Kier alpha value is -1.49. The smallest absolute Gasteiger partial charge is 0.337 e. The van der Waals surface area contributed by atoms with Crippen molar-refractivity contribution in [3.05, 3.63) is 45.0 Å². The number of pyridine rings is 1. The van der Waals surface area contributed by atoms with Crippen LogP contribution in [0.2, 0.25) is 15.1 Å². The number of carboxylic acid groups (broad SMARTS) is 1. The second-order valence-electron chi connectivity index (χ2n) is 3.72. The minimum Gasteiger partial charge on any atom is -0.478 e. The number of nitrogens with two attached hydrogens (primary N) is 1. The van der Waals surface area contributed by atoms with Crippen LogP contribution in [0.3, 0.4) is 0 Å². The van der Waals surface area contributed by atoms with Crippen molar-refractivity contribution < 1.29 is 9.90 Å². The Morgan fingerprint density at radius 2 is 1.74 bits per heavy atom. The summed E-state index contributed by atoms with van der Waals surface area (Å²) >= 11 is 17.7. The molecule has 0 aliphatic heterocycles. The number of halogens is 3. The van der Waals surface area contributed by atoms with E-state index in [0.29, 0.717) is 11.1 Å². The Morgan fingerprint density at radius 1 is 1.16 bits per heavy atom. The monoisotopic (exact) mass is 316 g/mol. The third-order valence-corrected chi connectivity index (χ3v) is 3.66. The third kappa shape index (κ3) is 2.76. The maximum absolute atomic E-state index is 10.9. The van der Waals surface area contributed by atoms with Crippen molar-refractivity contribution in [3.8, 4) is 11.1 Å². The molecule has 0 saturated heterocycles. The highest BCUT2D eigenvalue weighted by Gasteiger charge is 2.13. The highest BCUT2D eigenvalue weighted by atomic mass is 35.5. The fourth-order valence-electron chi connectivity index (χ4n) is 1.53. The number of carboxylic acids is 1.